The number of nitrogens with one attached hydrogen (secondary N) is 1. The molecule has 0 bridgehead atoms. The lowest BCUT2D eigenvalue weighted by atomic mass is 10.0. The normalized spacial score (nSPS) is 12.7. The lowest BCUT2D eigenvalue weighted by Gasteiger charge is -2.20. The molecule has 0 aromatic carbocycles. The summed E-state index contributed by atoms with van der Waals surface area (Å²) in [6.07, 6.45) is 66.3. The van der Waals surface area contributed by atoms with Gasteiger partial charge in [-0.2, -0.15) is 0 Å². The van der Waals surface area contributed by atoms with Gasteiger partial charge in [-0.25, -0.2) is 0 Å². The second-order valence-electron chi connectivity index (χ2n) is 20.0. The minimum absolute atomic E-state index is 0.00264. The zero-order valence-electron chi connectivity index (χ0n) is 43.7. The molecule has 0 spiro atoms. The van der Waals surface area contributed by atoms with Crippen LogP contribution in [0, 0.1) is 0 Å². The molecule has 0 radical (unpaired) electrons. The van der Waals surface area contributed by atoms with E-state index in [4.69, 9.17) is 4.74 Å². The summed E-state index contributed by atoms with van der Waals surface area (Å²) >= 11 is 0. The molecule has 0 aliphatic heterocycles. The van der Waals surface area contributed by atoms with Crippen LogP contribution in [0.15, 0.2) is 24.3 Å². The van der Waals surface area contributed by atoms with Crippen LogP contribution in [0.4, 0.5) is 0 Å². The molecule has 0 aliphatic carbocycles. The molecule has 2 unspecified atom stereocenters. The number of hydrogen-bond donors (Lipinski definition) is 3. The number of aliphatic hydroxyl groups excluding tert-OH is 2. The molecule has 384 valence electrons. The molecule has 65 heavy (non-hydrogen) atoms. The maximum atomic E-state index is 12.5. The number of carbonyl (C=O) groups is 2. The molecule has 0 aromatic heterocycles. The minimum atomic E-state index is -0.846. The Bertz CT molecular complexity index is 1010. The number of ether oxygens (including phenoxy) is 1. The van der Waals surface area contributed by atoms with Crippen LogP contribution in [-0.4, -0.2) is 47.4 Å². The van der Waals surface area contributed by atoms with Gasteiger partial charge in [0.15, 0.2) is 0 Å². The summed E-state index contributed by atoms with van der Waals surface area (Å²) in [4.78, 5) is 24.5. The quantitative estimate of drug-likeness (QED) is 0.0321. The minimum Gasteiger partial charge on any atom is -0.466 e. The highest BCUT2D eigenvalue weighted by Gasteiger charge is 2.18. The Labute approximate surface area is 405 Å². The van der Waals surface area contributed by atoms with E-state index in [0.717, 1.165) is 44.9 Å². The lowest BCUT2D eigenvalue weighted by molar-refractivity contribution is -0.143. The summed E-state index contributed by atoms with van der Waals surface area (Å²) in [6, 6.07) is -0.630. The monoisotopic (exact) mass is 916 g/mol. The van der Waals surface area contributed by atoms with Crippen molar-refractivity contribution in [1.29, 1.82) is 0 Å². The number of hydrogen-bond acceptors (Lipinski definition) is 5. The maximum absolute atomic E-state index is 12.5. The molecule has 0 saturated carbocycles. The summed E-state index contributed by atoms with van der Waals surface area (Å²) in [6.45, 7) is 4.87. The molecule has 0 fully saturated rings. The van der Waals surface area contributed by atoms with Gasteiger partial charge in [0.25, 0.3) is 0 Å². The van der Waals surface area contributed by atoms with Crippen molar-refractivity contribution < 1.29 is 24.5 Å². The van der Waals surface area contributed by atoms with Gasteiger partial charge in [-0.15, -0.1) is 0 Å². The van der Waals surface area contributed by atoms with E-state index >= 15 is 0 Å². The van der Waals surface area contributed by atoms with Crippen LogP contribution >= 0.6 is 0 Å². The van der Waals surface area contributed by atoms with Crippen molar-refractivity contribution >= 4 is 11.9 Å². The Kier molecular flexibility index (Phi) is 53.5. The van der Waals surface area contributed by atoms with Crippen molar-refractivity contribution in [1.82, 2.24) is 5.32 Å². The van der Waals surface area contributed by atoms with E-state index in [0.29, 0.717) is 19.4 Å². The molecule has 2 atom stereocenters. The predicted molar refractivity (Wildman–Crippen MR) is 283 cm³/mol. The zero-order chi connectivity index (χ0) is 47.2. The summed E-state index contributed by atoms with van der Waals surface area (Å²) in [5.74, 6) is -0.0716. The molecule has 0 rings (SSSR count). The highest BCUT2D eigenvalue weighted by atomic mass is 16.5. The van der Waals surface area contributed by atoms with Gasteiger partial charge >= 0.3 is 5.97 Å². The number of rotatable bonds is 54. The highest BCUT2D eigenvalue weighted by Crippen LogP contribution is 2.17. The first-order valence-corrected chi connectivity index (χ1v) is 29.1. The fourth-order valence-electron chi connectivity index (χ4n) is 8.97. The smallest absolute Gasteiger partial charge is 0.305 e. The molecule has 3 N–H and O–H groups in total. The molecule has 1 amide bonds. The van der Waals surface area contributed by atoms with Gasteiger partial charge in [0, 0.05) is 12.8 Å². The molecule has 0 heterocycles. The Morgan fingerprint density at radius 3 is 1.14 bits per heavy atom. The lowest BCUT2D eigenvalue weighted by Crippen LogP contribution is -2.45. The van der Waals surface area contributed by atoms with Crippen molar-refractivity contribution in [2.45, 2.75) is 328 Å². The van der Waals surface area contributed by atoms with Crippen LogP contribution in [0.1, 0.15) is 316 Å². The number of aliphatic hydroxyl groups is 2. The van der Waals surface area contributed by atoms with Gasteiger partial charge in [0.1, 0.15) is 0 Å². The van der Waals surface area contributed by atoms with E-state index in [-0.39, 0.29) is 18.5 Å². The van der Waals surface area contributed by atoms with Crippen LogP contribution in [-0.2, 0) is 14.3 Å². The first-order valence-electron chi connectivity index (χ1n) is 29.1. The van der Waals surface area contributed by atoms with E-state index in [1.807, 2.05) is 6.08 Å². The summed E-state index contributed by atoms with van der Waals surface area (Å²) in [7, 11) is 0. The Morgan fingerprint density at radius 2 is 0.738 bits per heavy atom. The number of allylic oxidation sites excluding steroid dienone is 3. The fourth-order valence-corrected chi connectivity index (χ4v) is 8.97. The van der Waals surface area contributed by atoms with Gasteiger partial charge in [-0.1, -0.05) is 276 Å². The highest BCUT2D eigenvalue weighted by molar-refractivity contribution is 5.76. The zero-order valence-corrected chi connectivity index (χ0v) is 43.7. The van der Waals surface area contributed by atoms with Gasteiger partial charge in [0.05, 0.1) is 25.4 Å². The van der Waals surface area contributed by atoms with Gasteiger partial charge in [0.2, 0.25) is 5.91 Å². The third-order valence-electron chi connectivity index (χ3n) is 13.5. The van der Waals surface area contributed by atoms with Gasteiger partial charge in [-0.05, 0) is 51.4 Å². The maximum Gasteiger partial charge on any atom is 0.305 e. The van der Waals surface area contributed by atoms with E-state index < -0.39 is 12.1 Å². The molecule has 6 heteroatoms. The van der Waals surface area contributed by atoms with Gasteiger partial charge in [-0.3, -0.25) is 9.59 Å². The van der Waals surface area contributed by atoms with E-state index in [2.05, 4.69) is 31.3 Å². The average molecular weight is 917 g/mol. The average Bonchev–Trinajstić information content (AvgIpc) is 3.31. The summed E-state index contributed by atoms with van der Waals surface area (Å²) in [5, 5.41) is 23.2. The van der Waals surface area contributed by atoms with Crippen molar-refractivity contribution in [2.75, 3.05) is 13.2 Å². The SMILES string of the molecule is CCCC/C=C\CCCCCCCC(=O)OCCCCCCCCCCCCCCCCCCCCCC(=O)NC(CO)C(O)/C=C/CCCCCCCCCCCCCCCCCC. The molecule has 0 saturated heterocycles. The van der Waals surface area contributed by atoms with Crippen LogP contribution in [0.2, 0.25) is 0 Å². The Hall–Kier alpha value is -1.66. The van der Waals surface area contributed by atoms with Crippen LogP contribution in [0.25, 0.3) is 0 Å². The number of esters is 1. The fraction of sp³-hybridized carbons (Fsp3) is 0.898. The molecule has 0 aromatic rings. The standard InChI is InChI=1S/C59H113NO5/c1-3-5-7-9-11-13-15-16-17-18-22-25-28-32-35-39-43-47-51-57(62)56(55-61)60-58(63)52-48-44-40-36-33-29-26-23-20-19-21-24-27-30-34-38-42-46-50-54-65-59(64)53-49-45-41-37-31-14-12-10-8-6-4-2/h10,12,47,51,56-57,61-62H,3-9,11,13-46,48-50,52-55H2,1-2H3,(H,60,63)/b12-10-,51-47+. The Balaban J connectivity index is 3.44. The summed E-state index contributed by atoms with van der Waals surface area (Å²) < 4.78 is 5.45. The number of amides is 1. The second-order valence-corrected chi connectivity index (χ2v) is 20.0. The second kappa shape index (κ2) is 54.9. The van der Waals surface area contributed by atoms with Crippen molar-refractivity contribution in [3.8, 4) is 0 Å². The molecular formula is C59H113NO5. The summed E-state index contributed by atoms with van der Waals surface area (Å²) in [5.41, 5.74) is 0. The van der Waals surface area contributed by atoms with E-state index in [1.165, 1.54) is 244 Å². The van der Waals surface area contributed by atoms with Crippen molar-refractivity contribution in [3.63, 3.8) is 0 Å². The molecule has 6 nitrogen and oxygen atoms in total. The van der Waals surface area contributed by atoms with Crippen LogP contribution in [0.5, 0.6) is 0 Å². The molecular weight excluding hydrogens is 803 g/mol. The number of carbonyl (C=O) groups excluding carboxylic acids is 2. The first kappa shape index (κ1) is 63.3. The largest absolute Gasteiger partial charge is 0.466 e. The third-order valence-corrected chi connectivity index (χ3v) is 13.5. The number of unbranched alkanes of at least 4 members (excludes halogenated alkanes) is 41. The van der Waals surface area contributed by atoms with E-state index in [9.17, 15) is 19.8 Å². The van der Waals surface area contributed by atoms with Gasteiger partial charge < -0.3 is 20.3 Å². The van der Waals surface area contributed by atoms with E-state index in [1.54, 1.807) is 6.08 Å². The van der Waals surface area contributed by atoms with Crippen molar-refractivity contribution in [3.05, 3.63) is 24.3 Å². The van der Waals surface area contributed by atoms with Crippen LogP contribution in [0.3, 0.4) is 0 Å². The van der Waals surface area contributed by atoms with Crippen LogP contribution < -0.4 is 5.32 Å². The predicted octanol–water partition coefficient (Wildman–Crippen LogP) is 17.9. The third kappa shape index (κ3) is 51.6. The molecule has 0 aliphatic rings. The topological polar surface area (TPSA) is 95.9 Å². The first-order chi connectivity index (χ1) is 32.0. The Morgan fingerprint density at radius 1 is 0.415 bits per heavy atom. The van der Waals surface area contributed by atoms with Crippen molar-refractivity contribution in [2.24, 2.45) is 0 Å².